The number of rotatable bonds is 4. The van der Waals surface area contributed by atoms with Crippen molar-refractivity contribution in [2.75, 3.05) is 11.4 Å². The van der Waals surface area contributed by atoms with Gasteiger partial charge >= 0.3 is 5.97 Å². The van der Waals surface area contributed by atoms with Gasteiger partial charge in [0.25, 0.3) is 0 Å². The molecule has 2 atom stereocenters. The van der Waals surface area contributed by atoms with Gasteiger partial charge in [-0.3, -0.25) is 4.79 Å². The molecule has 2 bridgehead atoms. The van der Waals surface area contributed by atoms with Gasteiger partial charge in [-0.1, -0.05) is 66.7 Å². The first-order chi connectivity index (χ1) is 16.2. The number of aliphatic carboxylic acids is 1. The maximum Gasteiger partial charge on any atom is 0.311 e. The summed E-state index contributed by atoms with van der Waals surface area (Å²) in [4.78, 5) is 14.4. The fourth-order valence-electron chi connectivity index (χ4n) is 4.73. The third-order valence-electron chi connectivity index (χ3n) is 6.25. The van der Waals surface area contributed by atoms with Crippen molar-refractivity contribution in [1.82, 2.24) is 0 Å². The Balaban J connectivity index is 0.000000274. The first-order valence-electron chi connectivity index (χ1n) is 11.2. The Kier molecular flexibility index (Phi) is 5.81. The smallest absolute Gasteiger partial charge is 0.311 e. The molecule has 1 aliphatic rings. The largest absolute Gasteiger partial charge is 0.481 e. The predicted octanol–water partition coefficient (Wildman–Crippen LogP) is 7.05. The minimum absolute atomic E-state index is 0.0361. The second kappa shape index (κ2) is 9.21. The zero-order valence-electron chi connectivity index (χ0n) is 18.2. The summed E-state index contributed by atoms with van der Waals surface area (Å²) >= 11 is 0. The minimum atomic E-state index is -0.760. The maximum atomic E-state index is 12.1. The molecule has 6 rings (SSSR count). The second-order valence-corrected chi connectivity index (χ2v) is 8.24. The lowest BCUT2D eigenvalue weighted by atomic mass is 9.77. The lowest BCUT2D eigenvalue weighted by Crippen LogP contribution is -2.31. The lowest BCUT2D eigenvalue weighted by molar-refractivity contribution is -0.139. The number of furan rings is 2. The van der Waals surface area contributed by atoms with Crippen LogP contribution in [0.1, 0.15) is 29.4 Å². The molecule has 3 aromatic carbocycles. The van der Waals surface area contributed by atoms with Crippen molar-refractivity contribution >= 4 is 28.5 Å². The van der Waals surface area contributed by atoms with Crippen molar-refractivity contribution in [1.29, 1.82) is 0 Å². The molecule has 0 saturated heterocycles. The van der Waals surface area contributed by atoms with Gasteiger partial charge in [-0.25, -0.2) is 0 Å². The standard InChI is InChI=1S/C23H21NO2.C6H4O/c25-23(26)22(17-9-3-1-4-10-17)20-15-16-24(18-11-5-2-6-12-18)21-14-8-7-13-19(20)21;1-2-6-4-3-5(1)7-6/h1-14,20,22H,15-16H2,(H,25,26);1-4H. The van der Waals surface area contributed by atoms with Crippen LogP contribution >= 0.6 is 0 Å². The van der Waals surface area contributed by atoms with E-state index >= 15 is 0 Å². The number of carboxylic acids is 1. The van der Waals surface area contributed by atoms with Crippen LogP contribution in [0.15, 0.2) is 114 Å². The van der Waals surface area contributed by atoms with E-state index < -0.39 is 11.9 Å². The number of benzene rings is 4. The summed E-state index contributed by atoms with van der Waals surface area (Å²) in [5.41, 5.74) is 6.17. The van der Waals surface area contributed by atoms with Crippen LogP contribution in [0, 0.1) is 0 Å². The van der Waals surface area contributed by atoms with E-state index in [1.807, 2.05) is 84.9 Å². The van der Waals surface area contributed by atoms with E-state index in [-0.39, 0.29) is 5.92 Å². The molecule has 0 amide bonds. The minimum Gasteiger partial charge on any atom is -0.481 e. The monoisotopic (exact) mass is 435 g/mol. The molecule has 2 aromatic heterocycles. The molecule has 33 heavy (non-hydrogen) atoms. The number of hydrogen-bond acceptors (Lipinski definition) is 3. The van der Waals surface area contributed by atoms with Gasteiger partial charge in [-0.05, 0) is 60.0 Å². The molecule has 164 valence electrons. The summed E-state index contributed by atoms with van der Waals surface area (Å²) in [6, 6.07) is 35.9. The van der Waals surface area contributed by atoms with E-state index in [9.17, 15) is 9.90 Å². The topological polar surface area (TPSA) is 53.7 Å². The van der Waals surface area contributed by atoms with Crippen molar-refractivity contribution in [3.8, 4) is 0 Å². The van der Waals surface area contributed by atoms with Gasteiger partial charge in [0.15, 0.2) is 0 Å². The summed E-state index contributed by atoms with van der Waals surface area (Å²) in [5.74, 6) is -1.33. The lowest BCUT2D eigenvalue weighted by Gasteiger charge is -2.38. The molecule has 4 nitrogen and oxygen atoms in total. The molecule has 2 unspecified atom stereocenters. The molecule has 0 aliphatic carbocycles. The molecule has 1 N–H and O–H groups in total. The van der Waals surface area contributed by atoms with Gasteiger partial charge in [0.05, 0.1) is 5.92 Å². The molecular formula is C29H25NO3. The van der Waals surface area contributed by atoms with Gasteiger partial charge in [0.2, 0.25) is 0 Å². The molecule has 5 aromatic rings. The van der Waals surface area contributed by atoms with Crippen molar-refractivity contribution in [2.24, 2.45) is 0 Å². The Morgan fingerprint density at radius 3 is 1.94 bits per heavy atom. The highest BCUT2D eigenvalue weighted by Crippen LogP contribution is 2.45. The highest BCUT2D eigenvalue weighted by molar-refractivity contribution is 5.79. The first kappa shape index (κ1) is 20.8. The van der Waals surface area contributed by atoms with Crippen molar-refractivity contribution in [3.63, 3.8) is 0 Å². The van der Waals surface area contributed by atoms with Gasteiger partial charge in [0.1, 0.15) is 11.2 Å². The molecule has 1 aliphatic heterocycles. The Hall–Kier alpha value is -4.05. The summed E-state index contributed by atoms with van der Waals surface area (Å²) in [6.45, 7) is 0.808. The van der Waals surface area contributed by atoms with Crippen molar-refractivity contribution < 1.29 is 14.3 Å². The maximum absolute atomic E-state index is 12.1. The third-order valence-corrected chi connectivity index (χ3v) is 6.25. The fourth-order valence-corrected chi connectivity index (χ4v) is 4.73. The van der Waals surface area contributed by atoms with E-state index in [1.165, 1.54) is 0 Å². The van der Waals surface area contributed by atoms with Crippen LogP contribution in [0.25, 0.3) is 11.2 Å². The number of anilines is 2. The van der Waals surface area contributed by atoms with Crippen LogP contribution in [-0.2, 0) is 4.79 Å². The first-order valence-corrected chi connectivity index (χ1v) is 11.2. The van der Waals surface area contributed by atoms with Crippen LogP contribution in [0.4, 0.5) is 11.4 Å². The Morgan fingerprint density at radius 1 is 0.788 bits per heavy atom. The van der Waals surface area contributed by atoms with Gasteiger partial charge in [0, 0.05) is 23.8 Å². The number of fused-ring (bicyclic) bond motifs is 3. The zero-order chi connectivity index (χ0) is 22.6. The average molecular weight is 436 g/mol. The molecule has 0 spiro atoms. The highest BCUT2D eigenvalue weighted by atomic mass is 16.4. The average Bonchev–Trinajstić information content (AvgIpc) is 3.52. The number of hydrogen-bond donors (Lipinski definition) is 1. The second-order valence-electron chi connectivity index (χ2n) is 8.24. The zero-order valence-corrected chi connectivity index (χ0v) is 18.2. The van der Waals surface area contributed by atoms with Crippen molar-refractivity contribution in [3.05, 3.63) is 120 Å². The number of nitrogens with zero attached hydrogens (tertiary/aromatic N) is 1. The van der Waals surface area contributed by atoms with Crippen LogP contribution < -0.4 is 4.90 Å². The summed E-state index contributed by atoms with van der Waals surface area (Å²) in [5, 5.41) is 9.97. The molecule has 0 fully saturated rings. The summed E-state index contributed by atoms with van der Waals surface area (Å²) in [7, 11) is 0. The number of carboxylic acid groups (broad SMARTS) is 1. The van der Waals surface area contributed by atoms with E-state index in [2.05, 4.69) is 29.2 Å². The quantitative estimate of drug-likeness (QED) is 0.329. The highest BCUT2D eigenvalue weighted by Gasteiger charge is 2.36. The normalized spacial score (nSPS) is 16.0. The van der Waals surface area contributed by atoms with Gasteiger partial charge in [-0.2, -0.15) is 0 Å². The Morgan fingerprint density at radius 2 is 1.36 bits per heavy atom. The number of carbonyl (C=O) groups is 1. The van der Waals surface area contributed by atoms with Gasteiger partial charge in [-0.15, -0.1) is 0 Å². The fraction of sp³-hybridized carbons (Fsp3) is 0.138. The van der Waals surface area contributed by atoms with E-state index in [1.54, 1.807) is 0 Å². The summed E-state index contributed by atoms with van der Waals surface area (Å²) in [6.07, 6.45) is 0.803. The van der Waals surface area contributed by atoms with Crippen LogP contribution in [0.2, 0.25) is 0 Å². The van der Waals surface area contributed by atoms with Crippen LogP contribution in [0.3, 0.4) is 0 Å². The third kappa shape index (κ3) is 4.33. The Bertz CT molecular complexity index is 1270. The predicted molar refractivity (Wildman–Crippen MR) is 131 cm³/mol. The summed E-state index contributed by atoms with van der Waals surface area (Å²) < 4.78 is 5.08. The van der Waals surface area contributed by atoms with E-state index in [0.717, 1.165) is 46.6 Å². The molecular weight excluding hydrogens is 410 g/mol. The molecule has 0 saturated carbocycles. The molecule has 0 radical (unpaired) electrons. The molecule has 4 heteroatoms. The van der Waals surface area contributed by atoms with E-state index in [0.29, 0.717) is 0 Å². The van der Waals surface area contributed by atoms with Gasteiger partial charge < -0.3 is 14.4 Å². The SMILES string of the molecule is O=C(O)C(c1ccccc1)C1CCN(c2ccccc2)c2ccccc21.c1cc2ccc1o2. The van der Waals surface area contributed by atoms with Crippen LogP contribution in [-0.4, -0.2) is 17.6 Å². The molecule has 3 heterocycles. The van der Waals surface area contributed by atoms with Crippen LogP contribution in [0.5, 0.6) is 0 Å². The Labute approximate surface area is 193 Å². The number of para-hydroxylation sites is 2. The van der Waals surface area contributed by atoms with Crippen molar-refractivity contribution in [2.45, 2.75) is 18.3 Å². The van der Waals surface area contributed by atoms with E-state index in [4.69, 9.17) is 4.42 Å².